The number of carbonyl (C=O) groups excluding carboxylic acids is 1. The summed E-state index contributed by atoms with van der Waals surface area (Å²) in [5.41, 5.74) is 7.75. The maximum Gasteiger partial charge on any atom is 0.257 e. The highest BCUT2D eigenvalue weighted by Crippen LogP contribution is 2.21. The Morgan fingerprint density at radius 1 is 1.21 bits per heavy atom. The summed E-state index contributed by atoms with van der Waals surface area (Å²) >= 11 is 0. The van der Waals surface area contributed by atoms with Crippen LogP contribution >= 0.6 is 0 Å². The number of ether oxygens (including phenoxy) is 1. The number of nitrogens with one attached hydrogen (secondary N) is 1. The molecule has 0 radical (unpaired) electrons. The summed E-state index contributed by atoms with van der Waals surface area (Å²) in [6.07, 6.45) is 1.03. The number of nitrogens with zero attached hydrogens (tertiary/aromatic N) is 3. The minimum atomic E-state index is -0.518. The SMILES string of the molecule is N#Cc1c(CCCNC(=O)COc2ccccc2F)nn(-c2ccccc2)c1N. The second kappa shape index (κ2) is 9.37. The van der Waals surface area contributed by atoms with Gasteiger partial charge < -0.3 is 15.8 Å². The number of nitrogen functional groups attached to an aromatic ring is 1. The monoisotopic (exact) mass is 393 g/mol. The number of rotatable bonds is 8. The summed E-state index contributed by atoms with van der Waals surface area (Å²) in [4.78, 5) is 11.9. The van der Waals surface area contributed by atoms with Crippen LogP contribution in [0.1, 0.15) is 17.7 Å². The van der Waals surface area contributed by atoms with Crippen molar-refractivity contribution in [2.75, 3.05) is 18.9 Å². The van der Waals surface area contributed by atoms with Crippen LogP contribution in [0.4, 0.5) is 10.2 Å². The Morgan fingerprint density at radius 3 is 2.66 bits per heavy atom. The number of halogens is 1. The summed E-state index contributed by atoms with van der Waals surface area (Å²) in [7, 11) is 0. The van der Waals surface area contributed by atoms with E-state index in [4.69, 9.17) is 10.5 Å². The number of aromatic nitrogens is 2. The zero-order chi connectivity index (χ0) is 20.6. The first-order valence-corrected chi connectivity index (χ1v) is 9.07. The van der Waals surface area contributed by atoms with E-state index in [1.54, 1.807) is 12.1 Å². The van der Waals surface area contributed by atoms with Crippen LogP contribution in [0.3, 0.4) is 0 Å². The van der Waals surface area contributed by atoms with E-state index >= 15 is 0 Å². The molecule has 1 amide bonds. The average Bonchev–Trinajstić information content (AvgIpc) is 3.06. The Kier molecular flexibility index (Phi) is 6.43. The molecule has 1 aromatic heterocycles. The number of benzene rings is 2. The van der Waals surface area contributed by atoms with Gasteiger partial charge in [0.05, 0.1) is 11.4 Å². The Labute approximate surface area is 167 Å². The predicted octanol–water partition coefficient (Wildman–Crippen LogP) is 2.59. The summed E-state index contributed by atoms with van der Waals surface area (Å²) in [5.74, 6) is -0.557. The molecule has 2 aromatic carbocycles. The number of nitrogens with two attached hydrogens (primary N) is 1. The number of amides is 1. The largest absolute Gasteiger partial charge is 0.481 e. The summed E-state index contributed by atoms with van der Waals surface area (Å²) in [5, 5.41) is 16.5. The van der Waals surface area contributed by atoms with Crippen LogP contribution in [0.5, 0.6) is 5.75 Å². The van der Waals surface area contributed by atoms with Crippen LogP contribution in [0.15, 0.2) is 54.6 Å². The number of anilines is 1. The molecule has 7 nitrogen and oxygen atoms in total. The fourth-order valence-electron chi connectivity index (χ4n) is 2.78. The minimum absolute atomic E-state index is 0.0308. The normalized spacial score (nSPS) is 10.3. The van der Waals surface area contributed by atoms with E-state index in [1.807, 2.05) is 30.3 Å². The number of nitriles is 1. The van der Waals surface area contributed by atoms with Crippen molar-refractivity contribution in [3.05, 3.63) is 71.7 Å². The second-order valence-corrected chi connectivity index (χ2v) is 6.24. The first-order valence-electron chi connectivity index (χ1n) is 9.07. The van der Waals surface area contributed by atoms with E-state index < -0.39 is 5.82 Å². The molecule has 3 N–H and O–H groups in total. The van der Waals surface area contributed by atoms with Crippen molar-refractivity contribution in [1.82, 2.24) is 15.1 Å². The summed E-state index contributed by atoms with van der Waals surface area (Å²) in [6, 6.07) is 17.3. The van der Waals surface area contributed by atoms with Gasteiger partial charge in [0.1, 0.15) is 17.5 Å². The number of carbonyl (C=O) groups is 1. The van der Waals surface area contributed by atoms with E-state index in [9.17, 15) is 14.4 Å². The molecule has 1 heterocycles. The van der Waals surface area contributed by atoms with Crippen molar-refractivity contribution < 1.29 is 13.9 Å². The zero-order valence-electron chi connectivity index (χ0n) is 15.6. The Hall–Kier alpha value is -3.86. The lowest BCUT2D eigenvalue weighted by molar-refractivity contribution is -0.123. The first-order chi connectivity index (χ1) is 14.1. The molecule has 0 atom stereocenters. The molecule has 0 saturated carbocycles. The molecule has 3 aromatic rings. The highest BCUT2D eigenvalue weighted by molar-refractivity contribution is 5.77. The third kappa shape index (κ3) is 4.90. The van der Waals surface area contributed by atoms with E-state index in [0.717, 1.165) is 5.69 Å². The number of para-hydroxylation sites is 2. The molecular weight excluding hydrogens is 373 g/mol. The van der Waals surface area contributed by atoms with Gasteiger partial charge in [-0.15, -0.1) is 0 Å². The maximum atomic E-state index is 13.5. The van der Waals surface area contributed by atoms with Crippen molar-refractivity contribution in [3.63, 3.8) is 0 Å². The Morgan fingerprint density at radius 2 is 1.93 bits per heavy atom. The molecule has 0 fully saturated rings. The molecule has 0 aliphatic rings. The maximum absolute atomic E-state index is 13.5. The smallest absolute Gasteiger partial charge is 0.257 e. The second-order valence-electron chi connectivity index (χ2n) is 6.24. The molecule has 0 spiro atoms. The van der Waals surface area contributed by atoms with Crippen LogP contribution in [0, 0.1) is 17.1 Å². The van der Waals surface area contributed by atoms with Crippen molar-refractivity contribution in [3.8, 4) is 17.5 Å². The fraction of sp³-hybridized carbons (Fsp3) is 0.190. The van der Waals surface area contributed by atoms with Gasteiger partial charge in [-0.05, 0) is 37.1 Å². The van der Waals surface area contributed by atoms with Crippen LogP contribution in [-0.2, 0) is 11.2 Å². The lowest BCUT2D eigenvalue weighted by Gasteiger charge is -2.07. The first kappa shape index (κ1) is 19.9. The Bertz CT molecular complexity index is 1030. The molecule has 8 heteroatoms. The predicted molar refractivity (Wildman–Crippen MR) is 106 cm³/mol. The topological polar surface area (TPSA) is 106 Å². The third-order valence-corrected chi connectivity index (χ3v) is 4.21. The highest BCUT2D eigenvalue weighted by Gasteiger charge is 2.16. The average molecular weight is 393 g/mol. The van der Waals surface area contributed by atoms with Gasteiger partial charge in [0, 0.05) is 6.54 Å². The van der Waals surface area contributed by atoms with E-state index in [1.165, 1.54) is 16.8 Å². The van der Waals surface area contributed by atoms with Crippen molar-refractivity contribution in [1.29, 1.82) is 5.26 Å². The summed E-state index contributed by atoms with van der Waals surface area (Å²) < 4.78 is 20.2. The molecule has 0 aliphatic heterocycles. The fourth-order valence-corrected chi connectivity index (χ4v) is 2.78. The van der Waals surface area contributed by atoms with Gasteiger partial charge in [-0.1, -0.05) is 30.3 Å². The highest BCUT2D eigenvalue weighted by atomic mass is 19.1. The molecule has 0 unspecified atom stereocenters. The molecular formula is C21H20FN5O2. The van der Waals surface area contributed by atoms with Crippen molar-refractivity contribution >= 4 is 11.7 Å². The van der Waals surface area contributed by atoms with Gasteiger partial charge in [0.15, 0.2) is 18.2 Å². The number of hydrogen-bond donors (Lipinski definition) is 2. The molecule has 148 valence electrons. The molecule has 0 saturated heterocycles. The van der Waals surface area contributed by atoms with Crippen LogP contribution < -0.4 is 15.8 Å². The molecule has 3 rings (SSSR count). The van der Waals surface area contributed by atoms with Crippen molar-refractivity contribution in [2.45, 2.75) is 12.8 Å². The van der Waals surface area contributed by atoms with Crippen LogP contribution in [0.2, 0.25) is 0 Å². The standard InChI is InChI=1S/C21H20FN5O2/c22-17-9-4-5-11-19(17)29-14-20(28)25-12-6-10-18-16(13-23)21(24)27(26-18)15-7-2-1-3-8-15/h1-5,7-9,11H,6,10,12,14,24H2,(H,25,28). The third-order valence-electron chi connectivity index (χ3n) is 4.21. The van der Waals surface area contributed by atoms with Gasteiger partial charge in [-0.2, -0.15) is 10.4 Å². The van der Waals surface area contributed by atoms with Crippen molar-refractivity contribution in [2.24, 2.45) is 0 Å². The lowest BCUT2D eigenvalue weighted by atomic mass is 10.1. The molecule has 29 heavy (non-hydrogen) atoms. The summed E-state index contributed by atoms with van der Waals surface area (Å²) in [6.45, 7) is 0.0857. The van der Waals surface area contributed by atoms with Gasteiger partial charge in [-0.25, -0.2) is 9.07 Å². The van der Waals surface area contributed by atoms with E-state index in [0.29, 0.717) is 30.6 Å². The minimum Gasteiger partial charge on any atom is -0.481 e. The number of aryl methyl sites for hydroxylation is 1. The van der Waals surface area contributed by atoms with Gasteiger partial charge in [0.25, 0.3) is 5.91 Å². The Balaban J connectivity index is 1.51. The molecule has 0 bridgehead atoms. The molecule has 0 aliphatic carbocycles. The van der Waals surface area contributed by atoms with Gasteiger partial charge >= 0.3 is 0 Å². The van der Waals surface area contributed by atoms with E-state index in [2.05, 4.69) is 16.5 Å². The van der Waals surface area contributed by atoms with Crippen LogP contribution in [0.25, 0.3) is 5.69 Å². The van der Waals surface area contributed by atoms with Crippen LogP contribution in [-0.4, -0.2) is 28.8 Å². The lowest BCUT2D eigenvalue weighted by Crippen LogP contribution is -2.30. The zero-order valence-corrected chi connectivity index (χ0v) is 15.6. The van der Waals surface area contributed by atoms with E-state index in [-0.39, 0.29) is 24.1 Å². The van der Waals surface area contributed by atoms with Gasteiger partial charge in [-0.3, -0.25) is 4.79 Å². The quantitative estimate of drug-likeness (QED) is 0.572. The number of hydrogen-bond acceptors (Lipinski definition) is 5. The van der Waals surface area contributed by atoms with Gasteiger partial charge in [0.2, 0.25) is 0 Å².